The Kier molecular flexibility index (Phi) is 4.64. The number of furan rings is 1. The predicted molar refractivity (Wildman–Crippen MR) is 100 cm³/mol. The molecule has 0 radical (unpaired) electrons. The van der Waals surface area contributed by atoms with Gasteiger partial charge in [0.25, 0.3) is 5.91 Å². The van der Waals surface area contributed by atoms with Crippen molar-refractivity contribution in [3.05, 3.63) is 47.5 Å². The van der Waals surface area contributed by atoms with Crippen LogP contribution in [0.2, 0.25) is 0 Å². The van der Waals surface area contributed by atoms with Crippen molar-refractivity contribution in [2.75, 3.05) is 13.7 Å². The van der Waals surface area contributed by atoms with Crippen LogP contribution in [0.15, 0.2) is 35.0 Å². The first-order valence-electron chi connectivity index (χ1n) is 8.98. The zero-order valence-electron chi connectivity index (χ0n) is 15.7. The molecule has 8 nitrogen and oxygen atoms in total. The fraction of sp³-hybridized carbons (Fsp3) is 0.350. The molecule has 0 spiro atoms. The third-order valence-electron chi connectivity index (χ3n) is 4.91. The van der Waals surface area contributed by atoms with E-state index in [0.717, 1.165) is 18.4 Å². The van der Waals surface area contributed by atoms with Crippen molar-refractivity contribution in [1.29, 1.82) is 0 Å². The van der Waals surface area contributed by atoms with Crippen molar-refractivity contribution in [3.63, 3.8) is 0 Å². The van der Waals surface area contributed by atoms with Crippen LogP contribution >= 0.6 is 0 Å². The van der Waals surface area contributed by atoms with E-state index in [1.54, 1.807) is 32.4 Å². The second-order valence-corrected chi connectivity index (χ2v) is 6.90. The number of nitrogens with zero attached hydrogens (tertiary/aromatic N) is 2. The number of amides is 1. The fourth-order valence-corrected chi connectivity index (χ4v) is 3.11. The molecule has 1 aliphatic rings. The average Bonchev–Trinajstić information content (AvgIpc) is 3.40. The maximum atomic E-state index is 12.8. The van der Waals surface area contributed by atoms with Crippen LogP contribution in [-0.4, -0.2) is 40.2 Å². The topological polar surface area (TPSA) is 107 Å². The summed E-state index contributed by atoms with van der Waals surface area (Å²) >= 11 is 0. The van der Waals surface area contributed by atoms with E-state index in [9.17, 15) is 9.90 Å². The van der Waals surface area contributed by atoms with Gasteiger partial charge in [-0.1, -0.05) is 0 Å². The standard InChI is InChI=1S/C20H21N3O5/c1-12-17(18(25)23-20(11-24)5-6-20)14-8-16(22-9-15(14)28-12)27-10-13-4-3-7-21-19(13)26-2/h3-4,7-9,24H,5-6,10-11H2,1-2H3,(H,23,25). The van der Waals surface area contributed by atoms with Crippen LogP contribution in [0.25, 0.3) is 11.0 Å². The second kappa shape index (κ2) is 7.12. The van der Waals surface area contributed by atoms with E-state index in [1.807, 2.05) is 6.07 Å². The minimum absolute atomic E-state index is 0.0730. The Bertz CT molecular complexity index is 1030. The van der Waals surface area contributed by atoms with Crippen LogP contribution in [0, 0.1) is 6.92 Å². The first kappa shape index (κ1) is 18.2. The number of aryl methyl sites for hydroxylation is 1. The van der Waals surface area contributed by atoms with E-state index >= 15 is 0 Å². The Hall–Kier alpha value is -3.13. The van der Waals surface area contributed by atoms with Gasteiger partial charge in [-0.05, 0) is 31.9 Å². The van der Waals surface area contributed by atoms with Crippen molar-refractivity contribution < 1.29 is 23.8 Å². The van der Waals surface area contributed by atoms with E-state index < -0.39 is 5.54 Å². The predicted octanol–water partition coefficient (Wildman–Crippen LogP) is 2.37. The van der Waals surface area contributed by atoms with Gasteiger partial charge in [0.1, 0.15) is 12.4 Å². The largest absolute Gasteiger partial charge is 0.481 e. The number of aromatic nitrogens is 2. The summed E-state index contributed by atoms with van der Waals surface area (Å²) in [7, 11) is 1.55. The molecule has 2 N–H and O–H groups in total. The fourth-order valence-electron chi connectivity index (χ4n) is 3.11. The third-order valence-corrected chi connectivity index (χ3v) is 4.91. The molecule has 1 aliphatic carbocycles. The number of methoxy groups -OCH3 is 1. The van der Waals surface area contributed by atoms with Crippen LogP contribution in [0.3, 0.4) is 0 Å². The molecule has 3 aromatic heterocycles. The highest BCUT2D eigenvalue weighted by Gasteiger charge is 2.44. The number of aliphatic hydroxyl groups excluding tert-OH is 1. The molecular weight excluding hydrogens is 362 g/mol. The van der Waals surface area contributed by atoms with Crippen molar-refractivity contribution in [3.8, 4) is 11.8 Å². The Balaban J connectivity index is 1.58. The van der Waals surface area contributed by atoms with Gasteiger partial charge in [-0.2, -0.15) is 0 Å². The molecule has 0 aliphatic heterocycles. The number of pyridine rings is 2. The molecule has 8 heteroatoms. The van der Waals surface area contributed by atoms with E-state index in [1.165, 1.54) is 6.20 Å². The first-order valence-corrected chi connectivity index (χ1v) is 8.98. The first-order chi connectivity index (χ1) is 13.5. The summed E-state index contributed by atoms with van der Waals surface area (Å²) in [6, 6.07) is 5.34. The van der Waals surface area contributed by atoms with Gasteiger partial charge in [-0.15, -0.1) is 0 Å². The lowest BCUT2D eigenvalue weighted by Gasteiger charge is -2.14. The highest BCUT2D eigenvalue weighted by Crippen LogP contribution is 2.36. The summed E-state index contributed by atoms with van der Waals surface area (Å²) in [6.45, 7) is 1.88. The smallest absolute Gasteiger partial charge is 0.255 e. The number of carbonyl (C=O) groups is 1. The van der Waals surface area contributed by atoms with Gasteiger partial charge in [0.05, 0.1) is 36.6 Å². The molecular formula is C20H21N3O5. The number of nitrogens with one attached hydrogen (secondary N) is 1. The maximum Gasteiger partial charge on any atom is 0.255 e. The minimum Gasteiger partial charge on any atom is -0.481 e. The minimum atomic E-state index is -0.504. The molecule has 0 saturated heterocycles. The Morgan fingerprint density at radius 3 is 2.93 bits per heavy atom. The zero-order valence-corrected chi connectivity index (χ0v) is 15.7. The summed E-state index contributed by atoms with van der Waals surface area (Å²) in [4.78, 5) is 21.1. The van der Waals surface area contributed by atoms with Gasteiger partial charge in [-0.3, -0.25) is 4.79 Å². The van der Waals surface area contributed by atoms with Crippen molar-refractivity contribution >= 4 is 16.9 Å². The van der Waals surface area contributed by atoms with Crippen LogP contribution in [0.5, 0.6) is 11.8 Å². The van der Waals surface area contributed by atoms with Crippen molar-refractivity contribution in [1.82, 2.24) is 15.3 Å². The zero-order chi connectivity index (χ0) is 19.7. The number of ether oxygens (including phenoxy) is 2. The van der Waals surface area contributed by atoms with Gasteiger partial charge in [0.15, 0.2) is 5.58 Å². The maximum absolute atomic E-state index is 12.8. The number of rotatable bonds is 7. The van der Waals surface area contributed by atoms with Crippen molar-refractivity contribution in [2.45, 2.75) is 31.9 Å². The lowest BCUT2D eigenvalue weighted by molar-refractivity contribution is 0.0906. The Labute approximate surface area is 161 Å². The van der Waals surface area contributed by atoms with E-state index in [2.05, 4.69) is 15.3 Å². The summed E-state index contributed by atoms with van der Waals surface area (Å²) in [5, 5.41) is 13.0. The number of hydrogen-bond acceptors (Lipinski definition) is 7. The summed E-state index contributed by atoms with van der Waals surface area (Å²) in [5.74, 6) is 1.07. The van der Waals surface area contributed by atoms with Gasteiger partial charge in [0.2, 0.25) is 11.8 Å². The summed E-state index contributed by atoms with van der Waals surface area (Å²) in [5.41, 5.74) is 1.21. The average molecular weight is 383 g/mol. The highest BCUT2D eigenvalue weighted by atomic mass is 16.5. The SMILES string of the molecule is COc1ncccc1COc1cc2c(C(=O)NC3(CO)CC3)c(C)oc2cn1. The number of carbonyl (C=O) groups excluding carboxylic acids is 1. The number of hydrogen-bond donors (Lipinski definition) is 2. The van der Waals surface area contributed by atoms with Crippen LogP contribution in [0.1, 0.15) is 34.5 Å². The van der Waals surface area contributed by atoms with E-state index in [0.29, 0.717) is 34.1 Å². The molecule has 28 heavy (non-hydrogen) atoms. The molecule has 0 unspecified atom stereocenters. The van der Waals surface area contributed by atoms with Crippen LogP contribution in [0.4, 0.5) is 0 Å². The highest BCUT2D eigenvalue weighted by molar-refractivity contribution is 6.07. The molecule has 4 rings (SSSR count). The lowest BCUT2D eigenvalue weighted by atomic mass is 10.1. The molecule has 3 heterocycles. The Morgan fingerprint density at radius 1 is 1.39 bits per heavy atom. The van der Waals surface area contributed by atoms with E-state index in [4.69, 9.17) is 13.9 Å². The lowest BCUT2D eigenvalue weighted by Crippen LogP contribution is -2.39. The molecule has 0 aromatic carbocycles. The normalized spacial score (nSPS) is 14.7. The van der Waals surface area contributed by atoms with Gasteiger partial charge in [-0.25, -0.2) is 9.97 Å². The molecule has 0 atom stereocenters. The third kappa shape index (κ3) is 3.38. The summed E-state index contributed by atoms with van der Waals surface area (Å²) < 4.78 is 16.7. The molecule has 0 bridgehead atoms. The Morgan fingerprint density at radius 2 is 2.21 bits per heavy atom. The molecule has 1 fully saturated rings. The van der Waals surface area contributed by atoms with Crippen molar-refractivity contribution in [2.24, 2.45) is 0 Å². The van der Waals surface area contributed by atoms with Gasteiger partial charge < -0.3 is 24.3 Å². The van der Waals surface area contributed by atoms with E-state index in [-0.39, 0.29) is 19.1 Å². The van der Waals surface area contributed by atoms with Crippen LogP contribution in [-0.2, 0) is 6.61 Å². The molecule has 1 amide bonds. The monoisotopic (exact) mass is 383 g/mol. The van der Waals surface area contributed by atoms with Crippen LogP contribution < -0.4 is 14.8 Å². The molecule has 146 valence electrons. The van der Waals surface area contributed by atoms with Gasteiger partial charge in [0, 0.05) is 17.6 Å². The quantitative estimate of drug-likeness (QED) is 0.645. The molecule has 1 saturated carbocycles. The molecule has 3 aromatic rings. The number of aliphatic hydroxyl groups is 1. The van der Waals surface area contributed by atoms with Gasteiger partial charge >= 0.3 is 0 Å². The second-order valence-electron chi connectivity index (χ2n) is 6.90. The summed E-state index contributed by atoms with van der Waals surface area (Å²) in [6.07, 6.45) is 4.72. The number of fused-ring (bicyclic) bond motifs is 1.